The number of unbranched alkanes of at least 4 members (excludes halogenated alkanes) is 1. The van der Waals surface area contributed by atoms with Crippen LogP contribution in [0.2, 0.25) is 0 Å². The molecule has 1 aromatic carbocycles. The average molecular weight is 244 g/mol. The molecule has 0 saturated carbocycles. The highest BCUT2D eigenvalue weighted by molar-refractivity contribution is 5.84. The van der Waals surface area contributed by atoms with E-state index in [0.29, 0.717) is 0 Å². The smallest absolute Gasteiger partial charge is 0.0485 e. The molecule has 0 spiro atoms. The minimum absolute atomic E-state index is 0.771. The zero-order chi connectivity index (χ0) is 13.0. The van der Waals surface area contributed by atoms with Crippen molar-refractivity contribution in [3.05, 3.63) is 35.5 Å². The van der Waals surface area contributed by atoms with Gasteiger partial charge in [-0.2, -0.15) is 0 Å². The van der Waals surface area contributed by atoms with E-state index in [0.717, 1.165) is 25.9 Å². The Bertz CT molecular complexity index is 511. The number of aryl methyl sites for hydroxylation is 3. The zero-order valence-electron chi connectivity index (χ0n) is 11.6. The van der Waals surface area contributed by atoms with Crippen LogP contribution in [0.15, 0.2) is 24.4 Å². The molecule has 0 saturated heterocycles. The molecule has 0 radical (unpaired) electrons. The first-order valence-corrected chi connectivity index (χ1v) is 7.04. The van der Waals surface area contributed by atoms with Crippen LogP contribution >= 0.6 is 0 Å². The summed E-state index contributed by atoms with van der Waals surface area (Å²) in [5, 5.41) is 1.41. The maximum Gasteiger partial charge on any atom is 0.0485 e. The Morgan fingerprint density at radius 3 is 2.78 bits per heavy atom. The Kier molecular flexibility index (Phi) is 4.43. The molecule has 0 aliphatic rings. The lowest BCUT2D eigenvalue weighted by molar-refractivity contribution is 0.647. The second kappa shape index (κ2) is 6.05. The molecule has 0 aliphatic carbocycles. The van der Waals surface area contributed by atoms with Gasteiger partial charge in [-0.3, -0.25) is 0 Å². The third-order valence-electron chi connectivity index (χ3n) is 3.52. The SMILES string of the molecule is CCCCn1cc(CCCN)c2ccc(C)cc21. The minimum atomic E-state index is 0.771. The minimum Gasteiger partial charge on any atom is -0.347 e. The maximum absolute atomic E-state index is 5.62. The van der Waals surface area contributed by atoms with E-state index in [1.54, 1.807) is 0 Å². The molecule has 98 valence electrons. The van der Waals surface area contributed by atoms with Crippen LogP contribution in [0.4, 0.5) is 0 Å². The highest BCUT2D eigenvalue weighted by Gasteiger charge is 2.08. The van der Waals surface area contributed by atoms with E-state index in [4.69, 9.17) is 5.73 Å². The summed E-state index contributed by atoms with van der Waals surface area (Å²) in [6.45, 7) is 6.30. The summed E-state index contributed by atoms with van der Waals surface area (Å²) >= 11 is 0. The number of rotatable bonds is 6. The summed E-state index contributed by atoms with van der Waals surface area (Å²) in [6, 6.07) is 6.77. The fourth-order valence-electron chi connectivity index (χ4n) is 2.48. The molecule has 2 nitrogen and oxygen atoms in total. The van der Waals surface area contributed by atoms with E-state index in [9.17, 15) is 0 Å². The van der Waals surface area contributed by atoms with Gasteiger partial charge < -0.3 is 10.3 Å². The van der Waals surface area contributed by atoms with Crippen molar-refractivity contribution >= 4 is 10.9 Å². The van der Waals surface area contributed by atoms with Crippen molar-refractivity contribution in [2.75, 3.05) is 6.54 Å². The van der Waals surface area contributed by atoms with Crippen molar-refractivity contribution in [3.63, 3.8) is 0 Å². The van der Waals surface area contributed by atoms with Crippen LogP contribution in [0.25, 0.3) is 10.9 Å². The average Bonchev–Trinajstić information content (AvgIpc) is 2.71. The first kappa shape index (κ1) is 13.2. The van der Waals surface area contributed by atoms with Crippen molar-refractivity contribution in [2.24, 2.45) is 5.73 Å². The lowest BCUT2D eigenvalue weighted by Crippen LogP contribution is -2.00. The first-order valence-electron chi connectivity index (χ1n) is 7.04. The Labute approximate surface area is 110 Å². The van der Waals surface area contributed by atoms with Crippen LogP contribution in [-0.4, -0.2) is 11.1 Å². The fourth-order valence-corrected chi connectivity index (χ4v) is 2.48. The standard InChI is InChI=1S/C16H24N2/c1-3-4-10-18-12-14(6-5-9-17)15-8-7-13(2)11-16(15)18/h7-8,11-12H,3-6,9-10,17H2,1-2H3. The number of nitrogens with two attached hydrogens (primary N) is 1. The first-order chi connectivity index (χ1) is 8.76. The molecule has 2 N–H and O–H groups in total. The Morgan fingerprint density at radius 1 is 1.22 bits per heavy atom. The normalized spacial score (nSPS) is 11.3. The van der Waals surface area contributed by atoms with Crippen LogP contribution in [0.5, 0.6) is 0 Å². The molecule has 18 heavy (non-hydrogen) atoms. The monoisotopic (exact) mass is 244 g/mol. The number of aromatic nitrogens is 1. The highest BCUT2D eigenvalue weighted by atomic mass is 15.0. The van der Waals surface area contributed by atoms with Crippen LogP contribution in [0, 0.1) is 6.92 Å². The fraction of sp³-hybridized carbons (Fsp3) is 0.500. The third kappa shape index (κ3) is 2.75. The number of fused-ring (bicyclic) bond motifs is 1. The van der Waals surface area contributed by atoms with Gasteiger partial charge in [0.05, 0.1) is 0 Å². The Balaban J connectivity index is 2.39. The molecule has 0 amide bonds. The van der Waals surface area contributed by atoms with Crippen molar-refractivity contribution < 1.29 is 0 Å². The van der Waals surface area contributed by atoms with Gasteiger partial charge in [0, 0.05) is 23.6 Å². The van der Waals surface area contributed by atoms with E-state index in [1.165, 1.54) is 34.9 Å². The molecule has 0 atom stereocenters. The molecular weight excluding hydrogens is 220 g/mol. The van der Waals surface area contributed by atoms with E-state index in [2.05, 4.69) is 42.8 Å². The lowest BCUT2D eigenvalue weighted by atomic mass is 10.1. The molecule has 0 fully saturated rings. The lowest BCUT2D eigenvalue weighted by Gasteiger charge is -2.04. The zero-order valence-corrected chi connectivity index (χ0v) is 11.6. The van der Waals surface area contributed by atoms with E-state index in [1.807, 2.05) is 0 Å². The highest BCUT2D eigenvalue weighted by Crippen LogP contribution is 2.24. The van der Waals surface area contributed by atoms with Crippen LogP contribution in [0.1, 0.15) is 37.3 Å². The van der Waals surface area contributed by atoms with Gasteiger partial charge in [0.25, 0.3) is 0 Å². The predicted molar refractivity (Wildman–Crippen MR) is 79.0 cm³/mol. The van der Waals surface area contributed by atoms with Gasteiger partial charge in [0.15, 0.2) is 0 Å². The second-order valence-corrected chi connectivity index (χ2v) is 5.11. The summed E-state index contributed by atoms with van der Waals surface area (Å²) in [7, 11) is 0. The molecule has 2 aromatic rings. The van der Waals surface area contributed by atoms with Gasteiger partial charge in [-0.25, -0.2) is 0 Å². The van der Waals surface area contributed by atoms with Gasteiger partial charge in [0.2, 0.25) is 0 Å². The largest absolute Gasteiger partial charge is 0.347 e. The quantitative estimate of drug-likeness (QED) is 0.826. The topological polar surface area (TPSA) is 30.9 Å². The Morgan fingerprint density at radius 2 is 2.06 bits per heavy atom. The number of benzene rings is 1. The van der Waals surface area contributed by atoms with Crippen molar-refractivity contribution in [1.82, 2.24) is 4.57 Å². The summed E-state index contributed by atoms with van der Waals surface area (Å²) < 4.78 is 2.41. The maximum atomic E-state index is 5.62. The van der Waals surface area contributed by atoms with Gasteiger partial charge >= 0.3 is 0 Å². The van der Waals surface area contributed by atoms with E-state index < -0.39 is 0 Å². The van der Waals surface area contributed by atoms with Gasteiger partial charge in [-0.15, -0.1) is 0 Å². The van der Waals surface area contributed by atoms with E-state index >= 15 is 0 Å². The third-order valence-corrected chi connectivity index (χ3v) is 3.52. The molecule has 2 rings (SSSR count). The summed E-state index contributed by atoms with van der Waals surface area (Å²) in [6.07, 6.45) is 6.98. The molecule has 0 bridgehead atoms. The van der Waals surface area contributed by atoms with Crippen molar-refractivity contribution in [1.29, 1.82) is 0 Å². The molecular formula is C16H24N2. The molecule has 0 unspecified atom stereocenters. The summed E-state index contributed by atoms with van der Waals surface area (Å²) in [5.74, 6) is 0. The van der Waals surface area contributed by atoms with Crippen LogP contribution in [-0.2, 0) is 13.0 Å². The van der Waals surface area contributed by atoms with Crippen LogP contribution < -0.4 is 5.73 Å². The predicted octanol–water partition coefficient (Wildman–Crippen LogP) is 3.64. The van der Waals surface area contributed by atoms with Crippen molar-refractivity contribution in [3.8, 4) is 0 Å². The number of hydrogen-bond donors (Lipinski definition) is 1. The second-order valence-electron chi connectivity index (χ2n) is 5.11. The molecule has 0 aliphatic heterocycles. The molecule has 1 heterocycles. The number of nitrogens with zero attached hydrogens (tertiary/aromatic N) is 1. The van der Waals surface area contributed by atoms with Crippen molar-refractivity contribution in [2.45, 2.75) is 46.1 Å². The van der Waals surface area contributed by atoms with Crippen LogP contribution in [0.3, 0.4) is 0 Å². The molecule has 1 aromatic heterocycles. The van der Waals surface area contributed by atoms with Gasteiger partial charge in [0.1, 0.15) is 0 Å². The summed E-state index contributed by atoms with van der Waals surface area (Å²) in [5.41, 5.74) is 9.80. The summed E-state index contributed by atoms with van der Waals surface area (Å²) in [4.78, 5) is 0. The van der Waals surface area contributed by atoms with E-state index in [-0.39, 0.29) is 0 Å². The number of hydrogen-bond acceptors (Lipinski definition) is 1. The Hall–Kier alpha value is -1.28. The molecule has 2 heteroatoms. The van der Waals surface area contributed by atoms with Gasteiger partial charge in [-0.05, 0) is 49.9 Å². The van der Waals surface area contributed by atoms with Gasteiger partial charge in [-0.1, -0.05) is 25.5 Å².